The van der Waals surface area contributed by atoms with Crippen molar-refractivity contribution in [3.8, 4) is 0 Å². The number of halogens is 1. The Balaban J connectivity index is 0.00000225. The van der Waals surface area contributed by atoms with Gasteiger partial charge in [-0.2, -0.15) is 0 Å². The average Bonchev–Trinajstić information content (AvgIpc) is 3.15. The second-order valence-corrected chi connectivity index (χ2v) is 6.34. The third-order valence-electron chi connectivity index (χ3n) is 4.60. The lowest BCUT2D eigenvalue weighted by molar-refractivity contribution is -0.0817. The summed E-state index contributed by atoms with van der Waals surface area (Å²) in [5.74, 6) is 0.939. The zero-order chi connectivity index (χ0) is 16.8. The Hall–Kier alpha value is -0.930. The van der Waals surface area contributed by atoms with Gasteiger partial charge in [0.25, 0.3) is 0 Å². The van der Waals surface area contributed by atoms with E-state index >= 15 is 0 Å². The van der Waals surface area contributed by atoms with E-state index < -0.39 is 0 Å². The molecule has 6 nitrogen and oxygen atoms in total. The van der Waals surface area contributed by atoms with Crippen LogP contribution in [-0.4, -0.2) is 60.9 Å². The Bertz CT molecular complexity index is 564. The van der Waals surface area contributed by atoms with Crippen LogP contribution in [0.2, 0.25) is 0 Å². The molecule has 0 radical (unpaired) electrons. The number of pyridine rings is 1. The lowest BCUT2D eigenvalue weighted by Gasteiger charge is -2.37. The summed E-state index contributed by atoms with van der Waals surface area (Å²) >= 11 is 0. The first-order valence-electron chi connectivity index (χ1n) is 8.95. The van der Waals surface area contributed by atoms with Gasteiger partial charge in [0.1, 0.15) is 6.10 Å². The van der Waals surface area contributed by atoms with Gasteiger partial charge >= 0.3 is 0 Å². The highest BCUT2D eigenvalue weighted by Gasteiger charge is 2.32. The lowest BCUT2D eigenvalue weighted by Crippen LogP contribution is -2.53. The maximum atomic E-state index is 5.94. The molecule has 2 fully saturated rings. The summed E-state index contributed by atoms with van der Waals surface area (Å²) in [7, 11) is 0. The standard InChI is InChI=1S/C18H28N4O2.HI/c1-3-19-18(21-12-15-14(2)6-4-8-20-15)22-9-11-24-17(13-22)16-7-5-10-23-16;/h4,6,8,16-17H,3,5,7,9-13H2,1-2H3,(H,19,21);1H. The summed E-state index contributed by atoms with van der Waals surface area (Å²) in [6, 6.07) is 4.04. The Labute approximate surface area is 167 Å². The number of rotatable bonds is 4. The SMILES string of the molecule is CCNC(=NCc1ncccc1C)N1CCOC(C2CCCO2)C1.I. The van der Waals surface area contributed by atoms with Crippen LogP contribution in [-0.2, 0) is 16.0 Å². The molecule has 2 atom stereocenters. The van der Waals surface area contributed by atoms with E-state index in [-0.39, 0.29) is 36.2 Å². The van der Waals surface area contributed by atoms with Crippen molar-refractivity contribution < 1.29 is 9.47 Å². The first-order valence-corrected chi connectivity index (χ1v) is 8.95. The molecule has 1 aromatic heterocycles. The molecule has 2 aliphatic heterocycles. The third-order valence-corrected chi connectivity index (χ3v) is 4.60. The van der Waals surface area contributed by atoms with Crippen LogP contribution >= 0.6 is 24.0 Å². The second-order valence-electron chi connectivity index (χ2n) is 6.34. The van der Waals surface area contributed by atoms with Crippen molar-refractivity contribution in [3.63, 3.8) is 0 Å². The average molecular weight is 460 g/mol. The number of nitrogens with one attached hydrogen (secondary N) is 1. The van der Waals surface area contributed by atoms with Gasteiger partial charge < -0.3 is 19.7 Å². The number of aliphatic imine (C=N–C) groups is 1. The number of morpholine rings is 1. The van der Waals surface area contributed by atoms with E-state index in [1.54, 1.807) is 0 Å². The first kappa shape index (κ1) is 20.4. The van der Waals surface area contributed by atoms with Crippen LogP contribution in [0, 0.1) is 6.92 Å². The van der Waals surface area contributed by atoms with Gasteiger partial charge in [-0.15, -0.1) is 24.0 Å². The van der Waals surface area contributed by atoms with Gasteiger partial charge in [0, 0.05) is 32.4 Å². The third kappa shape index (κ3) is 5.52. The minimum atomic E-state index is 0. The van der Waals surface area contributed by atoms with Gasteiger partial charge in [0.15, 0.2) is 5.96 Å². The van der Waals surface area contributed by atoms with Crippen molar-refractivity contribution in [3.05, 3.63) is 29.6 Å². The molecule has 2 saturated heterocycles. The van der Waals surface area contributed by atoms with E-state index in [0.717, 1.165) is 57.3 Å². The largest absolute Gasteiger partial charge is 0.375 e. The van der Waals surface area contributed by atoms with Gasteiger partial charge in [-0.05, 0) is 38.3 Å². The highest BCUT2D eigenvalue weighted by atomic mass is 127. The summed E-state index contributed by atoms with van der Waals surface area (Å²) in [6.07, 6.45) is 4.43. The van der Waals surface area contributed by atoms with E-state index in [4.69, 9.17) is 14.5 Å². The fraction of sp³-hybridized carbons (Fsp3) is 0.667. The predicted octanol–water partition coefficient (Wildman–Crippen LogP) is 2.35. The summed E-state index contributed by atoms with van der Waals surface area (Å²) in [5, 5.41) is 3.40. The highest BCUT2D eigenvalue weighted by Crippen LogP contribution is 2.21. The summed E-state index contributed by atoms with van der Waals surface area (Å²) in [5.41, 5.74) is 2.20. The maximum Gasteiger partial charge on any atom is 0.194 e. The van der Waals surface area contributed by atoms with Crippen LogP contribution < -0.4 is 5.32 Å². The van der Waals surface area contributed by atoms with Crippen LogP contribution in [0.1, 0.15) is 31.0 Å². The molecule has 1 N–H and O–H groups in total. The van der Waals surface area contributed by atoms with Crippen molar-refractivity contribution in [1.82, 2.24) is 15.2 Å². The molecule has 3 rings (SSSR count). The number of nitrogens with zero attached hydrogens (tertiary/aromatic N) is 3. The fourth-order valence-electron chi connectivity index (χ4n) is 3.25. The second kappa shape index (κ2) is 10.3. The normalized spacial score (nSPS) is 24.1. The van der Waals surface area contributed by atoms with Crippen molar-refractivity contribution in [2.24, 2.45) is 4.99 Å². The molecule has 7 heteroatoms. The molecule has 0 spiro atoms. The number of ether oxygens (including phenoxy) is 2. The van der Waals surface area contributed by atoms with E-state index in [9.17, 15) is 0 Å². The number of hydrogen-bond donors (Lipinski definition) is 1. The Morgan fingerprint density at radius 3 is 2.92 bits per heavy atom. The first-order chi connectivity index (χ1) is 11.8. The molecule has 0 aliphatic carbocycles. The molecule has 3 heterocycles. The van der Waals surface area contributed by atoms with E-state index in [0.29, 0.717) is 6.54 Å². The van der Waals surface area contributed by atoms with Crippen LogP contribution in [0.5, 0.6) is 0 Å². The Morgan fingerprint density at radius 2 is 2.20 bits per heavy atom. The molecule has 0 amide bonds. The zero-order valence-electron chi connectivity index (χ0n) is 15.1. The maximum absolute atomic E-state index is 5.94. The molecular formula is C18H29IN4O2. The van der Waals surface area contributed by atoms with Gasteiger partial charge in [-0.3, -0.25) is 4.98 Å². The zero-order valence-corrected chi connectivity index (χ0v) is 17.4. The minimum Gasteiger partial charge on any atom is -0.375 e. The minimum absolute atomic E-state index is 0. The number of guanidine groups is 1. The van der Waals surface area contributed by atoms with E-state index in [2.05, 4.69) is 35.1 Å². The van der Waals surface area contributed by atoms with Crippen LogP contribution in [0.25, 0.3) is 0 Å². The van der Waals surface area contributed by atoms with Crippen LogP contribution in [0.3, 0.4) is 0 Å². The summed E-state index contributed by atoms with van der Waals surface area (Å²) in [4.78, 5) is 11.5. The molecule has 1 aromatic rings. The highest BCUT2D eigenvalue weighted by molar-refractivity contribution is 14.0. The Kier molecular flexibility index (Phi) is 8.38. The molecule has 140 valence electrons. The lowest BCUT2D eigenvalue weighted by atomic mass is 10.1. The van der Waals surface area contributed by atoms with Crippen LogP contribution in [0.4, 0.5) is 0 Å². The van der Waals surface area contributed by atoms with Crippen molar-refractivity contribution in [1.29, 1.82) is 0 Å². The van der Waals surface area contributed by atoms with Gasteiger partial charge in [0.05, 0.1) is 24.9 Å². The molecule has 2 aliphatic rings. The number of aryl methyl sites for hydroxylation is 1. The molecule has 25 heavy (non-hydrogen) atoms. The van der Waals surface area contributed by atoms with Crippen LogP contribution in [0.15, 0.2) is 23.3 Å². The predicted molar refractivity (Wildman–Crippen MR) is 109 cm³/mol. The smallest absolute Gasteiger partial charge is 0.194 e. The monoisotopic (exact) mass is 460 g/mol. The van der Waals surface area contributed by atoms with E-state index in [1.807, 2.05) is 12.3 Å². The van der Waals surface area contributed by atoms with Crippen molar-refractivity contribution >= 4 is 29.9 Å². The summed E-state index contributed by atoms with van der Waals surface area (Å²) in [6.45, 7) is 8.88. The Morgan fingerprint density at radius 1 is 1.36 bits per heavy atom. The van der Waals surface area contributed by atoms with Crippen molar-refractivity contribution in [2.45, 2.75) is 45.4 Å². The molecular weight excluding hydrogens is 431 g/mol. The fourth-order valence-corrected chi connectivity index (χ4v) is 3.25. The number of hydrogen-bond acceptors (Lipinski definition) is 4. The van der Waals surface area contributed by atoms with Gasteiger partial charge in [-0.1, -0.05) is 6.07 Å². The summed E-state index contributed by atoms with van der Waals surface area (Å²) < 4.78 is 11.7. The van der Waals surface area contributed by atoms with E-state index in [1.165, 1.54) is 5.56 Å². The van der Waals surface area contributed by atoms with Gasteiger partial charge in [-0.25, -0.2) is 4.99 Å². The number of aromatic nitrogens is 1. The topological polar surface area (TPSA) is 59.0 Å². The molecule has 2 unspecified atom stereocenters. The molecule has 0 saturated carbocycles. The van der Waals surface area contributed by atoms with Crippen molar-refractivity contribution in [2.75, 3.05) is 32.8 Å². The van der Waals surface area contributed by atoms with Gasteiger partial charge in [0.2, 0.25) is 0 Å². The molecule has 0 aromatic carbocycles. The molecule has 0 bridgehead atoms. The quantitative estimate of drug-likeness (QED) is 0.425.